The Labute approximate surface area is 118 Å². The van der Waals surface area contributed by atoms with Gasteiger partial charge >= 0.3 is 0 Å². The first-order valence-electron chi connectivity index (χ1n) is 4.86. The zero-order valence-electron chi connectivity index (χ0n) is 8.86. The summed E-state index contributed by atoms with van der Waals surface area (Å²) < 4.78 is 5.50. The summed E-state index contributed by atoms with van der Waals surface area (Å²) in [4.78, 5) is 10.7. The number of nitrogens with zero attached hydrogens (tertiary/aromatic N) is 1. The minimum absolute atomic E-state index is 0.105. The van der Waals surface area contributed by atoms with Gasteiger partial charge in [0.1, 0.15) is 5.75 Å². The van der Waals surface area contributed by atoms with Gasteiger partial charge in [0.15, 0.2) is 11.4 Å². The minimum Gasteiger partial charge on any atom is -0.453 e. The lowest BCUT2D eigenvalue weighted by molar-refractivity contribution is 0.484. The number of rotatable bonds is 3. The summed E-state index contributed by atoms with van der Waals surface area (Å²) in [5.74, 6) is 0.659. The normalized spacial score (nSPS) is 10.2. The van der Waals surface area contributed by atoms with Crippen molar-refractivity contribution in [1.82, 2.24) is 0 Å². The smallest absolute Gasteiger partial charge is 0.156 e. The van der Waals surface area contributed by atoms with E-state index in [4.69, 9.17) is 39.5 Å². The third-order valence-electron chi connectivity index (χ3n) is 2.13. The van der Waals surface area contributed by atoms with Gasteiger partial charge in [-0.1, -0.05) is 34.8 Å². The van der Waals surface area contributed by atoms with Crippen molar-refractivity contribution >= 4 is 40.5 Å². The summed E-state index contributed by atoms with van der Waals surface area (Å²) in [7, 11) is 0. The highest BCUT2D eigenvalue weighted by Crippen LogP contribution is 2.37. The molecule has 0 unspecified atom stereocenters. The predicted molar refractivity (Wildman–Crippen MR) is 73.4 cm³/mol. The van der Waals surface area contributed by atoms with Crippen LogP contribution in [-0.4, -0.2) is 0 Å². The Morgan fingerprint density at radius 1 is 0.889 bits per heavy atom. The molecular formula is C12H6Cl3NO2. The van der Waals surface area contributed by atoms with E-state index in [1.54, 1.807) is 30.3 Å². The van der Waals surface area contributed by atoms with Gasteiger partial charge in [0.2, 0.25) is 0 Å². The molecule has 0 spiro atoms. The zero-order chi connectivity index (χ0) is 13.1. The lowest BCUT2D eigenvalue weighted by Crippen LogP contribution is -1.86. The Hall–Kier alpha value is -1.29. The molecule has 0 aliphatic heterocycles. The topological polar surface area (TPSA) is 38.7 Å². The Kier molecular flexibility index (Phi) is 4.07. The van der Waals surface area contributed by atoms with E-state index in [-0.39, 0.29) is 11.4 Å². The van der Waals surface area contributed by atoms with Gasteiger partial charge in [0.25, 0.3) is 0 Å². The van der Waals surface area contributed by atoms with E-state index in [1.807, 2.05) is 0 Å². The van der Waals surface area contributed by atoms with Crippen LogP contribution in [0.5, 0.6) is 11.5 Å². The van der Waals surface area contributed by atoms with E-state index in [1.165, 1.54) is 6.07 Å². The molecule has 0 N–H and O–H groups in total. The fourth-order valence-electron chi connectivity index (χ4n) is 1.32. The molecule has 2 aromatic rings. The van der Waals surface area contributed by atoms with Crippen molar-refractivity contribution in [2.75, 3.05) is 0 Å². The van der Waals surface area contributed by atoms with Crippen LogP contribution in [0.4, 0.5) is 5.69 Å². The highest BCUT2D eigenvalue weighted by Gasteiger charge is 2.09. The molecular weight excluding hydrogens is 296 g/mol. The van der Waals surface area contributed by atoms with Crippen LogP contribution in [0, 0.1) is 4.91 Å². The molecule has 2 rings (SSSR count). The largest absolute Gasteiger partial charge is 0.453 e. The number of ether oxygens (including phenoxy) is 1. The first-order chi connectivity index (χ1) is 8.60. The van der Waals surface area contributed by atoms with Crippen LogP contribution < -0.4 is 4.74 Å². The van der Waals surface area contributed by atoms with Gasteiger partial charge in [0, 0.05) is 10.0 Å². The molecule has 0 heterocycles. The predicted octanol–water partition coefficient (Wildman–Crippen LogP) is 5.84. The molecule has 3 nitrogen and oxygen atoms in total. The minimum atomic E-state index is 0.105. The quantitative estimate of drug-likeness (QED) is 0.668. The molecule has 6 heteroatoms. The van der Waals surface area contributed by atoms with Gasteiger partial charge in [-0.3, -0.25) is 0 Å². The maximum absolute atomic E-state index is 10.7. The summed E-state index contributed by atoms with van der Waals surface area (Å²) in [6.07, 6.45) is 0. The fourth-order valence-corrected chi connectivity index (χ4v) is 1.94. The standard InChI is InChI=1S/C12H6Cl3NO2/c13-7-1-3-11(9(15)5-7)18-12-4-2-8(14)6-10(12)16-17/h1-6H. The van der Waals surface area contributed by atoms with E-state index in [0.717, 1.165) is 0 Å². The van der Waals surface area contributed by atoms with Crippen LogP contribution in [0.25, 0.3) is 0 Å². The molecule has 2 aromatic carbocycles. The number of halogens is 3. The zero-order valence-corrected chi connectivity index (χ0v) is 11.1. The van der Waals surface area contributed by atoms with Gasteiger partial charge in [-0.05, 0) is 41.6 Å². The third-order valence-corrected chi connectivity index (χ3v) is 2.90. The molecule has 0 aliphatic rings. The summed E-state index contributed by atoms with van der Waals surface area (Å²) in [6, 6.07) is 9.33. The van der Waals surface area contributed by atoms with Crippen molar-refractivity contribution in [3.8, 4) is 11.5 Å². The van der Waals surface area contributed by atoms with Gasteiger partial charge < -0.3 is 4.74 Å². The first-order valence-corrected chi connectivity index (χ1v) is 5.99. The van der Waals surface area contributed by atoms with Crippen molar-refractivity contribution in [1.29, 1.82) is 0 Å². The summed E-state index contributed by atoms with van der Waals surface area (Å²) in [5, 5.41) is 4.09. The maximum Gasteiger partial charge on any atom is 0.156 e. The Morgan fingerprint density at radius 2 is 1.50 bits per heavy atom. The Morgan fingerprint density at radius 3 is 2.11 bits per heavy atom. The molecule has 0 aliphatic carbocycles. The molecule has 92 valence electrons. The average Bonchev–Trinajstić information content (AvgIpc) is 2.34. The monoisotopic (exact) mass is 301 g/mol. The maximum atomic E-state index is 10.7. The fraction of sp³-hybridized carbons (Fsp3) is 0. The lowest BCUT2D eigenvalue weighted by Gasteiger charge is -2.09. The molecule has 0 atom stereocenters. The van der Waals surface area contributed by atoms with E-state index in [2.05, 4.69) is 5.18 Å². The second-order valence-corrected chi connectivity index (χ2v) is 4.66. The SMILES string of the molecule is O=Nc1cc(Cl)ccc1Oc1ccc(Cl)cc1Cl. The van der Waals surface area contributed by atoms with Gasteiger partial charge in [-0.25, -0.2) is 0 Å². The number of hydrogen-bond acceptors (Lipinski definition) is 3. The first kappa shape index (κ1) is 13.1. The van der Waals surface area contributed by atoms with Gasteiger partial charge in [-0.15, -0.1) is 4.91 Å². The van der Waals surface area contributed by atoms with Crippen molar-refractivity contribution in [3.63, 3.8) is 0 Å². The van der Waals surface area contributed by atoms with E-state index in [0.29, 0.717) is 20.8 Å². The van der Waals surface area contributed by atoms with Crippen molar-refractivity contribution in [3.05, 3.63) is 56.4 Å². The van der Waals surface area contributed by atoms with Crippen LogP contribution in [-0.2, 0) is 0 Å². The molecule has 0 radical (unpaired) electrons. The Bertz CT molecular complexity index is 602. The molecule has 0 fully saturated rings. The van der Waals surface area contributed by atoms with Crippen LogP contribution >= 0.6 is 34.8 Å². The summed E-state index contributed by atoms with van der Waals surface area (Å²) in [6.45, 7) is 0. The van der Waals surface area contributed by atoms with Gasteiger partial charge in [-0.2, -0.15) is 0 Å². The average molecular weight is 303 g/mol. The Balaban J connectivity index is 2.36. The molecule has 0 aromatic heterocycles. The van der Waals surface area contributed by atoms with Crippen LogP contribution in [0.15, 0.2) is 41.6 Å². The molecule has 0 saturated carbocycles. The molecule has 0 bridgehead atoms. The van der Waals surface area contributed by atoms with E-state index in [9.17, 15) is 4.91 Å². The second kappa shape index (κ2) is 5.57. The van der Waals surface area contributed by atoms with Crippen LogP contribution in [0.3, 0.4) is 0 Å². The summed E-state index contributed by atoms with van der Waals surface area (Å²) in [5.41, 5.74) is 0.105. The van der Waals surface area contributed by atoms with Crippen molar-refractivity contribution < 1.29 is 4.74 Å². The van der Waals surface area contributed by atoms with Crippen molar-refractivity contribution in [2.45, 2.75) is 0 Å². The van der Waals surface area contributed by atoms with E-state index < -0.39 is 0 Å². The lowest BCUT2D eigenvalue weighted by atomic mass is 10.3. The van der Waals surface area contributed by atoms with Crippen molar-refractivity contribution in [2.24, 2.45) is 5.18 Å². The molecule has 0 saturated heterocycles. The molecule has 0 amide bonds. The summed E-state index contributed by atoms with van der Waals surface area (Å²) >= 11 is 17.5. The van der Waals surface area contributed by atoms with Crippen LogP contribution in [0.2, 0.25) is 15.1 Å². The number of nitroso groups, excluding NO2 is 1. The highest BCUT2D eigenvalue weighted by atomic mass is 35.5. The third kappa shape index (κ3) is 2.93. The second-order valence-electron chi connectivity index (χ2n) is 3.38. The molecule has 18 heavy (non-hydrogen) atoms. The number of benzene rings is 2. The van der Waals surface area contributed by atoms with Gasteiger partial charge in [0.05, 0.1) is 5.02 Å². The number of hydrogen-bond donors (Lipinski definition) is 0. The van der Waals surface area contributed by atoms with E-state index >= 15 is 0 Å². The highest BCUT2D eigenvalue weighted by molar-refractivity contribution is 6.35. The van der Waals surface area contributed by atoms with Crippen LogP contribution in [0.1, 0.15) is 0 Å².